The highest BCUT2D eigenvalue weighted by Gasteiger charge is 2.04. The van der Waals surface area contributed by atoms with Gasteiger partial charge in [0.2, 0.25) is 0 Å². The number of phenolic OH excluding ortho intramolecular Hbond substituents is 1. The van der Waals surface area contributed by atoms with Gasteiger partial charge in [-0.25, -0.2) is 10.2 Å². The number of benzene rings is 2. The molecule has 2 rings (SSSR count). The maximum Gasteiger partial charge on any atom is 0.335 e. The number of rotatable bonds is 3. The summed E-state index contributed by atoms with van der Waals surface area (Å²) in [6.45, 7) is 2.35. The van der Waals surface area contributed by atoms with Crippen LogP contribution in [-0.2, 0) is 0 Å². The highest BCUT2D eigenvalue weighted by Crippen LogP contribution is 2.25. The van der Waals surface area contributed by atoms with Crippen molar-refractivity contribution in [1.82, 2.24) is 10.7 Å². The topological polar surface area (TPSA) is 73.7 Å². The van der Waals surface area contributed by atoms with Crippen molar-refractivity contribution >= 4 is 23.0 Å². The molecule has 0 atom stereocenters. The maximum absolute atomic E-state index is 11.2. The number of nitrogens with one attached hydrogen (secondary N) is 2. The van der Waals surface area contributed by atoms with Gasteiger partial charge in [0.25, 0.3) is 0 Å². The van der Waals surface area contributed by atoms with E-state index in [1.54, 1.807) is 6.07 Å². The number of urea groups is 1. The van der Waals surface area contributed by atoms with Crippen LogP contribution >= 0.6 is 0 Å². The summed E-state index contributed by atoms with van der Waals surface area (Å²) in [6.07, 6.45) is 1.44. The van der Waals surface area contributed by atoms with E-state index in [0.29, 0.717) is 12.1 Å². The molecule has 0 bridgehead atoms. The Kier molecular flexibility index (Phi) is 3.97. The summed E-state index contributed by atoms with van der Waals surface area (Å²) in [5.74, 6) is 0.125. The van der Waals surface area contributed by atoms with Crippen LogP contribution in [-0.4, -0.2) is 23.9 Å². The van der Waals surface area contributed by atoms with Gasteiger partial charge in [-0.05, 0) is 23.8 Å². The number of hydrogen-bond acceptors (Lipinski definition) is 3. The van der Waals surface area contributed by atoms with Crippen LogP contribution in [0.25, 0.3) is 10.8 Å². The zero-order valence-corrected chi connectivity index (χ0v) is 10.6. The molecule has 0 heterocycles. The molecule has 2 amide bonds. The lowest BCUT2D eigenvalue weighted by Gasteiger charge is -2.05. The molecule has 5 heteroatoms. The first kappa shape index (κ1) is 12.9. The molecule has 0 radical (unpaired) electrons. The van der Waals surface area contributed by atoms with Crippen LogP contribution in [0.3, 0.4) is 0 Å². The van der Waals surface area contributed by atoms with Gasteiger partial charge in [0.15, 0.2) is 0 Å². The van der Waals surface area contributed by atoms with E-state index in [-0.39, 0.29) is 11.8 Å². The van der Waals surface area contributed by atoms with Crippen molar-refractivity contribution in [2.45, 2.75) is 6.92 Å². The Labute approximate surface area is 110 Å². The number of amides is 2. The minimum absolute atomic E-state index is 0.125. The summed E-state index contributed by atoms with van der Waals surface area (Å²) in [7, 11) is 0. The Morgan fingerprint density at radius 2 is 2.11 bits per heavy atom. The van der Waals surface area contributed by atoms with E-state index in [4.69, 9.17) is 0 Å². The van der Waals surface area contributed by atoms with E-state index in [2.05, 4.69) is 15.8 Å². The number of fused-ring (bicyclic) bond motifs is 1. The third-order valence-electron chi connectivity index (χ3n) is 2.64. The van der Waals surface area contributed by atoms with Crippen molar-refractivity contribution in [3.63, 3.8) is 0 Å². The number of carbonyl (C=O) groups is 1. The predicted molar refractivity (Wildman–Crippen MR) is 75.4 cm³/mol. The second kappa shape index (κ2) is 5.86. The highest BCUT2D eigenvalue weighted by molar-refractivity contribution is 6.02. The van der Waals surface area contributed by atoms with Crippen molar-refractivity contribution in [3.8, 4) is 5.75 Å². The van der Waals surface area contributed by atoms with Crippen molar-refractivity contribution in [1.29, 1.82) is 0 Å². The predicted octanol–water partition coefficient (Wildman–Crippen LogP) is 2.20. The Morgan fingerprint density at radius 1 is 1.32 bits per heavy atom. The summed E-state index contributed by atoms with van der Waals surface area (Å²) in [5.41, 5.74) is 2.91. The number of hydrogen-bond donors (Lipinski definition) is 3. The van der Waals surface area contributed by atoms with Gasteiger partial charge in [0, 0.05) is 12.1 Å². The van der Waals surface area contributed by atoms with Crippen LogP contribution in [0.2, 0.25) is 0 Å². The lowest BCUT2D eigenvalue weighted by molar-refractivity contribution is 0.242. The highest BCUT2D eigenvalue weighted by atomic mass is 16.3. The fourth-order valence-electron chi connectivity index (χ4n) is 1.78. The van der Waals surface area contributed by atoms with Crippen LogP contribution in [0, 0.1) is 0 Å². The van der Waals surface area contributed by atoms with Gasteiger partial charge in [0.05, 0.1) is 6.21 Å². The van der Waals surface area contributed by atoms with E-state index in [0.717, 1.165) is 10.8 Å². The summed E-state index contributed by atoms with van der Waals surface area (Å²) in [5, 5.41) is 18.1. The Morgan fingerprint density at radius 3 is 2.89 bits per heavy atom. The Balaban J connectivity index is 2.27. The smallest absolute Gasteiger partial charge is 0.335 e. The molecule has 0 aliphatic heterocycles. The summed E-state index contributed by atoms with van der Waals surface area (Å²) in [6, 6.07) is 10.7. The van der Waals surface area contributed by atoms with Crippen LogP contribution < -0.4 is 10.7 Å². The monoisotopic (exact) mass is 257 g/mol. The Hall–Kier alpha value is -2.56. The number of nitrogens with zero attached hydrogens (tertiary/aromatic N) is 1. The number of aromatic hydroxyl groups is 1. The molecular weight excluding hydrogens is 242 g/mol. The van der Waals surface area contributed by atoms with Crippen molar-refractivity contribution in [2.24, 2.45) is 5.10 Å². The lowest BCUT2D eigenvalue weighted by atomic mass is 10.0. The molecule has 0 fully saturated rings. The van der Waals surface area contributed by atoms with Gasteiger partial charge in [0.1, 0.15) is 5.75 Å². The first-order valence-electron chi connectivity index (χ1n) is 6.00. The summed E-state index contributed by atoms with van der Waals surface area (Å²) < 4.78 is 0. The number of phenols is 1. The number of carbonyl (C=O) groups excluding carboxylic acids is 1. The van der Waals surface area contributed by atoms with E-state index in [1.165, 1.54) is 6.21 Å². The molecule has 5 nitrogen and oxygen atoms in total. The molecule has 0 spiro atoms. The average molecular weight is 257 g/mol. The maximum atomic E-state index is 11.2. The first-order chi connectivity index (χ1) is 9.22. The van der Waals surface area contributed by atoms with E-state index < -0.39 is 0 Å². The molecule has 0 aromatic heterocycles. The minimum Gasteiger partial charge on any atom is -0.507 e. The van der Waals surface area contributed by atoms with Crippen molar-refractivity contribution < 1.29 is 9.90 Å². The Bertz CT molecular complexity index is 623. The van der Waals surface area contributed by atoms with Gasteiger partial charge in [-0.1, -0.05) is 30.3 Å². The quantitative estimate of drug-likeness (QED) is 0.582. The van der Waals surface area contributed by atoms with Crippen molar-refractivity contribution in [2.75, 3.05) is 6.54 Å². The molecule has 2 aromatic carbocycles. The molecule has 0 aliphatic carbocycles. The molecule has 0 aliphatic rings. The third-order valence-corrected chi connectivity index (χ3v) is 2.64. The first-order valence-corrected chi connectivity index (χ1v) is 6.00. The second-order valence-corrected chi connectivity index (χ2v) is 3.95. The lowest BCUT2D eigenvalue weighted by Crippen LogP contribution is -2.31. The van der Waals surface area contributed by atoms with Gasteiger partial charge in [-0.3, -0.25) is 0 Å². The van der Waals surface area contributed by atoms with Gasteiger partial charge in [-0.15, -0.1) is 0 Å². The fraction of sp³-hybridized carbons (Fsp3) is 0.143. The van der Waals surface area contributed by atoms with E-state index >= 15 is 0 Å². The molecule has 2 aromatic rings. The van der Waals surface area contributed by atoms with Gasteiger partial charge < -0.3 is 10.4 Å². The van der Waals surface area contributed by atoms with Crippen LogP contribution in [0.5, 0.6) is 5.75 Å². The third kappa shape index (κ3) is 3.01. The molecule has 98 valence electrons. The standard InChI is InChI=1S/C14H15N3O2/c1-2-15-14(19)17-16-9-12-11-6-4-3-5-10(11)7-8-13(12)18/h3-9,18H,2H2,1H3,(H2,15,17,19)/b16-9+. The molecule has 19 heavy (non-hydrogen) atoms. The van der Waals surface area contributed by atoms with Gasteiger partial charge in [-0.2, -0.15) is 5.10 Å². The minimum atomic E-state index is -0.376. The molecule has 0 saturated heterocycles. The normalized spacial score (nSPS) is 10.8. The van der Waals surface area contributed by atoms with E-state index in [1.807, 2.05) is 37.3 Å². The largest absolute Gasteiger partial charge is 0.507 e. The van der Waals surface area contributed by atoms with Crippen LogP contribution in [0.15, 0.2) is 41.5 Å². The average Bonchev–Trinajstić information content (AvgIpc) is 2.41. The fourth-order valence-corrected chi connectivity index (χ4v) is 1.78. The summed E-state index contributed by atoms with van der Waals surface area (Å²) >= 11 is 0. The zero-order valence-electron chi connectivity index (χ0n) is 10.6. The van der Waals surface area contributed by atoms with Gasteiger partial charge >= 0.3 is 6.03 Å². The van der Waals surface area contributed by atoms with Crippen LogP contribution in [0.4, 0.5) is 4.79 Å². The van der Waals surface area contributed by atoms with Crippen LogP contribution in [0.1, 0.15) is 12.5 Å². The zero-order chi connectivity index (χ0) is 13.7. The molecule has 0 saturated carbocycles. The second-order valence-electron chi connectivity index (χ2n) is 3.95. The summed E-state index contributed by atoms with van der Waals surface area (Å²) in [4.78, 5) is 11.2. The molecule has 0 unspecified atom stereocenters. The van der Waals surface area contributed by atoms with Crippen molar-refractivity contribution in [3.05, 3.63) is 42.0 Å². The molecular formula is C14H15N3O2. The number of hydrazone groups is 1. The van der Waals surface area contributed by atoms with E-state index in [9.17, 15) is 9.90 Å². The SMILES string of the molecule is CCNC(=O)N/N=C/c1c(O)ccc2ccccc12. The molecule has 3 N–H and O–H groups in total.